The highest BCUT2D eigenvalue weighted by Crippen LogP contribution is 2.22. The molecule has 0 amide bonds. The van der Waals surface area contributed by atoms with Crippen LogP contribution in [-0.4, -0.2) is 39.6 Å². The van der Waals surface area contributed by atoms with E-state index < -0.39 is 29.4 Å². The Morgan fingerprint density at radius 1 is 1.05 bits per heavy atom. The van der Waals surface area contributed by atoms with Crippen LogP contribution in [0.1, 0.15) is 83.7 Å². The largest absolute Gasteiger partial charge is 0.496 e. The van der Waals surface area contributed by atoms with Crippen molar-refractivity contribution < 1.29 is 23.6 Å². The molecule has 0 aliphatic heterocycles. The fourth-order valence-electron chi connectivity index (χ4n) is 4.24. The lowest BCUT2D eigenvalue weighted by Gasteiger charge is -2.23. The molecule has 0 bridgehead atoms. The van der Waals surface area contributed by atoms with Crippen molar-refractivity contribution in [3.8, 4) is 5.75 Å². The number of rotatable bonds is 15. The number of carbonyl (C=O) groups is 2. The van der Waals surface area contributed by atoms with Gasteiger partial charge in [0.1, 0.15) is 23.5 Å². The van der Waals surface area contributed by atoms with Crippen LogP contribution in [0.3, 0.4) is 0 Å². The summed E-state index contributed by atoms with van der Waals surface area (Å²) >= 11 is 0. The van der Waals surface area contributed by atoms with Crippen LogP contribution >= 0.6 is 0 Å². The Morgan fingerprint density at radius 2 is 1.73 bits per heavy atom. The molecule has 0 N–H and O–H groups in total. The van der Waals surface area contributed by atoms with Gasteiger partial charge < -0.3 is 9.57 Å². The van der Waals surface area contributed by atoms with E-state index in [4.69, 9.17) is 9.57 Å². The number of oxime groups is 1. The van der Waals surface area contributed by atoms with E-state index >= 15 is 0 Å². The predicted molar refractivity (Wildman–Crippen MR) is 153 cm³/mol. The Balaban J connectivity index is 2.56. The van der Waals surface area contributed by atoms with Crippen molar-refractivity contribution in [3.05, 3.63) is 62.2 Å². The number of ether oxygens (including phenoxy) is 1. The lowest BCUT2D eigenvalue weighted by Crippen LogP contribution is -2.44. The van der Waals surface area contributed by atoms with Gasteiger partial charge in [0.25, 0.3) is 5.56 Å². The highest BCUT2D eigenvalue weighted by molar-refractivity contribution is 5.99. The van der Waals surface area contributed by atoms with Crippen LogP contribution < -0.4 is 16.0 Å². The molecule has 0 aliphatic rings. The number of methoxy groups -OCH3 is 1. The fourth-order valence-corrected chi connectivity index (χ4v) is 4.24. The Bertz CT molecular complexity index is 1340. The smallest absolute Gasteiger partial charge is 0.331 e. The van der Waals surface area contributed by atoms with E-state index in [1.807, 2.05) is 27.7 Å². The predicted octanol–water partition coefficient (Wildman–Crippen LogP) is 4.86. The summed E-state index contributed by atoms with van der Waals surface area (Å²) in [6.45, 7) is 12.6. The van der Waals surface area contributed by atoms with Gasteiger partial charge in [-0.15, -0.1) is 0 Å². The van der Waals surface area contributed by atoms with E-state index in [0.717, 1.165) is 15.2 Å². The van der Waals surface area contributed by atoms with Gasteiger partial charge in [0.05, 0.1) is 30.5 Å². The van der Waals surface area contributed by atoms with Gasteiger partial charge in [-0.2, -0.15) is 0 Å². The molecular weight excluding hydrogens is 517 g/mol. The maximum Gasteiger partial charge on any atom is 0.331 e. The molecular formula is C30H42FN3O6. The zero-order valence-electron chi connectivity index (χ0n) is 24.8. The Kier molecular flexibility index (Phi) is 12.0. The average molecular weight is 560 g/mol. The summed E-state index contributed by atoms with van der Waals surface area (Å²) in [5.74, 6) is -0.832. The monoisotopic (exact) mass is 559 g/mol. The first-order valence-corrected chi connectivity index (χ1v) is 13.7. The number of hydrogen-bond donors (Lipinski definition) is 0. The normalized spacial score (nSPS) is 12.8. The first-order chi connectivity index (χ1) is 18.8. The van der Waals surface area contributed by atoms with Gasteiger partial charge in [0.15, 0.2) is 5.78 Å². The molecule has 0 saturated carbocycles. The van der Waals surface area contributed by atoms with Crippen molar-refractivity contribution in [1.82, 2.24) is 9.13 Å². The second-order valence-electron chi connectivity index (χ2n) is 11.0. The topological polar surface area (TPSA) is 109 Å². The summed E-state index contributed by atoms with van der Waals surface area (Å²) < 4.78 is 21.4. The Hall–Kier alpha value is -3.56. The third kappa shape index (κ3) is 8.72. The van der Waals surface area contributed by atoms with E-state index in [2.05, 4.69) is 5.16 Å². The molecule has 1 aromatic heterocycles. The summed E-state index contributed by atoms with van der Waals surface area (Å²) in [7, 11) is 1.36. The molecule has 0 aliphatic carbocycles. The van der Waals surface area contributed by atoms with E-state index in [1.165, 1.54) is 25.4 Å². The minimum atomic E-state index is -0.668. The number of carbonyl (C=O) groups excluding carboxylic acids is 2. The van der Waals surface area contributed by atoms with Crippen molar-refractivity contribution in [2.45, 2.75) is 86.9 Å². The molecule has 220 valence electrons. The summed E-state index contributed by atoms with van der Waals surface area (Å²) in [4.78, 5) is 57.8. The highest BCUT2D eigenvalue weighted by Gasteiger charge is 2.23. The van der Waals surface area contributed by atoms with Crippen LogP contribution in [-0.2, 0) is 22.7 Å². The molecule has 0 saturated heterocycles. The molecule has 0 spiro atoms. The summed E-state index contributed by atoms with van der Waals surface area (Å²) in [6, 6.07) is 3.57. The molecule has 0 fully saturated rings. The number of ketones is 2. The van der Waals surface area contributed by atoms with Crippen molar-refractivity contribution in [2.24, 2.45) is 22.9 Å². The molecule has 1 heterocycles. The second kappa shape index (κ2) is 14.7. The van der Waals surface area contributed by atoms with Crippen LogP contribution in [0.2, 0.25) is 0 Å². The number of benzene rings is 1. The zero-order valence-corrected chi connectivity index (χ0v) is 24.8. The van der Waals surface area contributed by atoms with Crippen LogP contribution in [0.25, 0.3) is 0 Å². The quantitative estimate of drug-likeness (QED) is 0.175. The zero-order chi connectivity index (χ0) is 30.1. The van der Waals surface area contributed by atoms with E-state index in [1.54, 1.807) is 20.8 Å². The molecule has 1 aromatic carbocycles. The molecule has 9 nitrogen and oxygen atoms in total. The van der Waals surface area contributed by atoms with Gasteiger partial charge in [-0.1, -0.05) is 32.9 Å². The molecule has 40 heavy (non-hydrogen) atoms. The lowest BCUT2D eigenvalue weighted by atomic mass is 9.89. The third-order valence-electron chi connectivity index (χ3n) is 6.81. The average Bonchev–Trinajstić information content (AvgIpc) is 2.89. The lowest BCUT2D eigenvalue weighted by molar-refractivity contribution is -0.122. The number of hydrogen-bond acceptors (Lipinski definition) is 7. The fraction of sp³-hybridized carbons (Fsp3) is 0.567. The molecule has 0 unspecified atom stereocenters. The van der Waals surface area contributed by atoms with Gasteiger partial charge in [-0.3, -0.25) is 23.5 Å². The molecule has 2 rings (SSSR count). The van der Waals surface area contributed by atoms with Crippen LogP contribution in [0.5, 0.6) is 5.75 Å². The minimum absolute atomic E-state index is 0.0166. The van der Waals surface area contributed by atoms with Crippen LogP contribution in [0.15, 0.2) is 39.1 Å². The third-order valence-corrected chi connectivity index (χ3v) is 6.81. The van der Waals surface area contributed by atoms with E-state index in [9.17, 15) is 23.6 Å². The molecule has 10 heteroatoms. The molecule has 1 atom stereocenters. The minimum Gasteiger partial charge on any atom is -0.496 e. The molecule has 0 radical (unpaired) electrons. The number of aromatic nitrogens is 2. The standard InChI is InChI=1S/C30H42FN3O6/c1-18(2)22(10-9-11-26(35)19(3)4)15-34-29(37)25(21(7)32-40-20(5)6)16-33(30(34)38)17-27(36)24-14-23(31)12-13-28(24)39-8/h12-14,16,18-20,22H,9-11,15,17H2,1-8H3/b32-21+/t22-/m1/s1. The Labute approximate surface area is 235 Å². The SMILES string of the molecule is COc1ccc(F)cc1C(=O)Cn1cc(/C(C)=N/OC(C)C)c(=O)n(C[C@@H](CCCC(=O)C(C)C)C(C)C)c1=O. The van der Waals surface area contributed by atoms with Crippen molar-refractivity contribution >= 4 is 17.3 Å². The molecule has 2 aromatic rings. The van der Waals surface area contributed by atoms with E-state index in [0.29, 0.717) is 19.3 Å². The van der Waals surface area contributed by atoms with Crippen molar-refractivity contribution in [3.63, 3.8) is 0 Å². The van der Waals surface area contributed by atoms with Gasteiger partial charge >= 0.3 is 5.69 Å². The highest BCUT2D eigenvalue weighted by atomic mass is 19.1. The van der Waals surface area contributed by atoms with Crippen LogP contribution in [0.4, 0.5) is 4.39 Å². The van der Waals surface area contributed by atoms with Crippen LogP contribution in [0, 0.1) is 23.6 Å². The van der Waals surface area contributed by atoms with Gasteiger partial charge in [0.2, 0.25) is 0 Å². The number of nitrogens with zero attached hydrogens (tertiary/aromatic N) is 3. The van der Waals surface area contributed by atoms with Gasteiger partial charge in [-0.25, -0.2) is 9.18 Å². The first kappa shape index (κ1) is 32.7. The maximum atomic E-state index is 13.9. The van der Waals surface area contributed by atoms with Gasteiger partial charge in [0, 0.05) is 25.1 Å². The van der Waals surface area contributed by atoms with Crippen molar-refractivity contribution in [1.29, 1.82) is 0 Å². The number of Topliss-reactive ketones (excluding diaryl/α,β-unsaturated/α-hetero) is 2. The summed E-state index contributed by atoms with van der Waals surface area (Å²) in [5.41, 5.74) is -0.872. The Morgan fingerprint density at radius 3 is 2.30 bits per heavy atom. The first-order valence-electron chi connectivity index (χ1n) is 13.7. The summed E-state index contributed by atoms with van der Waals surface area (Å²) in [6.07, 6.45) is 2.78. The van der Waals surface area contributed by atoms with Crippen molar-refractivity contribution in [2.75, 3.05) is 7.11 Å². The van der Waals surface area contributed by atoms with E-state index in [-0.39, 0.29) is 58.8 Å². The van der Waals surface area contributed by atoms with Gasteiger partial charge in [-0.05, 0) is 63.6 Å². The summed E-state index contributed by atoms with van der Waals surface area (Å²) in [5, 5.41) is 4.04. The number of halogens is 1. The maximum absolute atomic E-state index is 13.9. The second-order valence-corrected chi connectivity index (χ2v) is 11.0.